The van der Waals surface area contributed by atoms with Gasteiger partial charge < -0.3 is 14.8 Å². The topological polar surface area (TPSA) is 60.5 Å². The Labute approximate surface area is 165 Å². The number of aryl methyl sites for hydroxylation is 3. The van der Waals surface area contributed by atoms with Crippen LogP contribution in [-0.4, -0.2) is 17.5 Å². The van der Waals surface area contributed by atoms with Crippen molar-refractivity contribution in [2.24, 2.45) is 0 Å². The molecule has 0 aliphatic heterocycles. The van der Waals surface area contributed by atoms with Crippen LogP contribution in [0.4, 0.5) is 0 Å². The normalized spacial score (nSPS) is 10.4. The minimum absolute atomic E-state index is 0.0231. The van der Waals surface area contributed by atoms with Crippen molar-refractivity contribution < 1.29 is 14.3 Å². The maximum Gasteiger partial charge on any atom is 0.258 e. The molecule has 0 radical (unpaired) electrons. The maximum atomic E-state index is 12.0. The number of pyridine rings is 1. The Kier molecular flexibility index (Phi) is 6.27. The molecule has 5 heteroatoms. The van der Waals surface area contributed by atoms with Crippen molar-refractivity contribution in [3.8, 4) is 17.4 Å². The molecular formula is C23H24N2O3. The van der Waals surface area contributed by atoms with Crippen LogP contribution in [0.25, 0.3) is 0 Å². The number of benzene rings is 2. The Morgan fingerprint density at radius 3 is 2.57 bits per heavy atom. The third-order valence-corrected chi connectivity index (χ3v) is 4.20. The van der Waals surface area contributed by atoms with E-state index in [1.807, 2.05) is 69.3 Å². The lowest BCUT2D eigenvalue weighted by Gasteiger charge is -2.10. The lowest BCUT2D eigenvalue weighted by Crippen LogP contribution is -2.28. The van der Waals surface area contributed by atoms with E-state index in [1.165, 1.54) is 0 Å². The van der Waals surface area contributed by atoms with E-state index in [0.29, 0.717) is 18.2 Å². The molecule has 5 nitrogen and oxygen atoms in total. The number of carbonyl (C=O) groups is 1. The zero-order chi connectivity index (χ0) is 19.9. The summed E-state index contributed by atoms with van der Waals surface area (Å²) in [7, 11) is 0. The molecule has 1 amide bonds. The second-order valence-electron chi connectivity index (χ2n) is 6.76. The molecule has 1 aromatic heterocycles. The lowest BCUT2D eigenvalue weighted by molar-refractivity contribution is -0.123. The van der Waals surface area contributed by atoms with Crippen molar-refractivity contribution in [1.29, 1.82) is 0 Å². The summed E-state index contributed by atoms with van der Waals surface area (Å²) in [6.07, 6.45) is 1.70. The van der Waals surface area contributed by atoms with Gasteiger partial charge in [0.15, 0.2) is 6.61 Å². The third-order valence-electron chi connectivity index (χ3n) is 4.20. The smallest absolute Gasteiger partial charge is 0.258 e. The fourth-order valence-electron chi connectivity index (χ4n) is 2.61. The van der Waals surface area contributed by atoms with E-state index in [0.717, 1.165) is 28.0 Å². The number of ether oxygens (including phenoxy) is 2. The van der Waals surface area contributed by atoms with Crippen LogP contribution in [0.2, 0.25) is 0 Å². The molecule has 3 rings (SSSR count). The second-order valence-corrected chi connectivity index (χ2v) is 6.76. The average molecular weight is 376 g/mol. The molecule has 0 aliphatic carbocycles. The van der Waals surface area contributed by atoms with Crippen LogP contribution in [0.15, 0.2) is 60.8 Å². The monoisotopic (exact) mass is 376 g/mol. The summed E-state index contributed by atoms with van der Waals surface area (Å²) >= 11 is 0. The van der Waals surface area contributed by atoms with Crippen molar-refractivity contribution in [2.75, 3.05) is 6.61 Å². The van der Waals surface area contributed by atoms with Crippen molar-refractivity contribution in [1.82, 2.24) is 10.3 Å². The van der Waals surface area contributed by atoms with Crippen LogP contribution < -0.4 is 14.8 Å². The van der Waals surface area contributed by atoms with Crippen LogP contribution in [-0.2, 0) is 11.3 Å². The van der Waals surface area contributed by atoms with Crippen LogP contribution in [0.3, 0.4) is 0 Å². The molecule has 0 atom stereocenters. The number of hydrogen-bond donors (Lipinski definition) is 1. The van der Waals surface area contributed by atoms with Gasteiger partial charge in [0.2, 0.25) is 5.88 Å². The van der Waals surface area contributed by atoms with E-state index in [4.69, 9.17) is 9.47 Å². The van der Waals surface area contributed by atoms with Crippen LogP contribution in [0, 0.1) is 20.8 Å². The van der Waals surface area contributed by atoms with Gasteiger partial charge >= 0.3 is 0 Å². The number of rotatable bonds is 7. The molecule has 1 N–H and O–H groups in total. The number of carbonyl (C=O) groups excluding carboxylic acids is 1. The predicted molar refractivity (Wildman–Crippen MR) is 109 cm³/mol. The predicted octanol–water partition coefficient (Wildman–Crippen LogP) is 4.49. The molecule has 144 valence electrons. The quantitative estimate of drug-likeness (QED) is 0.660. The van der Waals surface area contributed by atoms with Gasteiger partial charge in [-0.05, 0) is 61.2 Å². The largest absolute Gasteiger partial charge is 0.484 e. The summed E-state index contributed by atoms with van der Waals surface area (Å²) in [5, 5.41) is 2.82. The van der Waals surface area contributed by atoms with E-state index in [2.05, 4.69) is 10.3 Å². The first-order chi connectivity index (χ1) is 13.5. The van der Waals surface area contributed by atoms with Gasteiger partial charge in [-0.3, -0.25) is 4.79 Å². The first-order valence-corrected chi connectivity index (χ1v) is 9.16. The van der Waals surface area contributed by atoms with Crippen molar-refractivity contribution in [3.05, 3.63) is 83.0 Å². The van der Waals surface area contributed by atoms with E-state index in [9.17, 15) is 4.79 Å². The Morgan fingerprint density at radius 1 is 1.00 bits per heavy atom. The Hall–Kier alpha value is -3.34. The van der Waals surface area contributed by atoms with Gasteiger partial charge in [-0.25, -0.2) is 4.98 Å². The number of nitrogens with one attached hydrogen (secondary N) is 1. The summed E-state index contributed by atoms with van der Waals surface area (Å²) in [5.41, 5.74) is 4.16. The minimum atomic E-state index is -0.183. The highest BCUT2D eigenvalue weighted by Gasteiger charge is 2.06. The van der Waals surface area contributed by atoms with Crippen molar-refractivity contribution in [3.63, 3.8) is 0 Å². The highest BCUT2D eigenvalue weighted by Crippen LogP contribution is 2.24. The number of hydrogen-bond acceptors (Lipinski definition) is 4. The van der Waals surface area contributed by atoms with Crippen LogP contribution in [0.1, 0.15) is 22.3 Å². The summed E-state index contributed by atoms with van der Waals surface area (Å²) < 4.78 is 11.3. The van der Waals surface area contributed by atoms with Gasteiger partial charge in [0.05, 0.1) is 0 Å². The maximum absolute atomic E-state index is 12.0. The molecule has 3 aromatic rings. The van der Waals surface area contributed by atoms with Gasteiger partial charge in [0, 0.05) is 18.8 Å². The molecule has 0 aliphatic rings. The van der Waals surface area contributed by atoms with Gasteiger partial charge in [0.1, 0.15) is 11.5 Å². The van der Waals surface area contributed by atoms with E-state index in [-0.39, 0.29) is 12.5 Å². The number of amides is 1. The van der Waals surface area contributed by atoms with Gasteiger partial charge in [-0.15, -0.1) is 0 Å². The molecule has 0 fully saturated rings. The van der Waals surface area contributed by atoms with Gasteiger partial charge in [-0.1, -0.05) is 30.3 Å². The fraction of sp³-hybridized carbons (Fsp3) is 0.217. The average Bonchev–Trinajstić information content (AvgIpc) is 2.69. The number of nitrogens with zero attached hydrogens (tertiary/aromatic N) is 1. The lowest BCUT2D eigenvalue weighted by atomic mass is 10.1. The summed E-state index contributed by atoms with van der Waals surface area (Å²) in [5.74, 6) is 1.82. The Bertz CT molecular complexity index is 952. The standard InChI is InChI=1S/C23H24N2O3/c1-16-5-4-6-20(11-16)27-15-22(26)24-13-19-9-10-23(25-14-19)28-21-12-17(2)7-8-18(21)3/h4-12,14H,13,15H2,1-3H3,(H,24,26). The molecule has 28 heavy (non-hydrogen) atoms. The van der Waals surface area contributed by atoms with Crippen LogP contribution in [0.5, 0.6) is 17.4 Å². The molecular weight excluding hydrogens is 352 g/mol. The fourth-order valence-corrected chi connectivity index (χ4v) is 2.61. The Morgan fingerprint density at radius 2 is 1.82 bits per heavy atom. The summed E-state index contributed by atoms with van der Waals surface area (Å²) in [6.45, 7) is 6.36. The highest BCUT2D eigenvalue weighted by molar-refractivity contribution is 5.77. The zero-order valence-corrected chi connectivity index (χ0v) is 16.4. The molecule has 2 aromatic carbocycles. The first-order valence-electron chi connectivity index (χ1n) is 9.16. The molecule has 0 unspecified atom stereocenters. The zero-order valence-electron chi connectivity index (χ0n) is 16.4. The third kappa shape index (κ3) is 5.58. The second kappa shape index (κ2) is 9.04. The van der Waals surface area contributed by atoms with Crippen molar-refractivity contribution in [2.45, 2.75) is 27.3 Å². The van der Waals surface area contributed by atoms with E-state index >= 15 is 0 Å². The molecule has 0 bridgehead atoms. The van der Waals surface area contributed by atoms with Crippen molar-refractivity contribution >= 4 is 5.91 Å². The SMILES string of the molecule is Cc1cccc(OCC(=O)NCc2ccc(Oc3cc(C)ccc3C)nc2)c1. The Balaban J connectivity index is 1.48. The molecule has 0 saturated heterocycles. The molecule has 0 spiro atoms. The van der Waals surface area contributed by atoms with Crippen LogP contribution >= 0.6 is 0 Å². The minimum Gasteiger partial charge on any atom is -0.484 e. The van der Waals surface area contributed by atoms with Gasteiger partial charge in [0.25, 0.3) is 5.91 Å². The summed E-state index contributed by atoms with van der Waals surface area (Å²) in [6, 6.07) is 17.3. The van der Waals surface area contributed by atoms with E-state index < -0.39 is 0 Å². The highest BCUT2D eigenvalue weighted by atomic mass is 16.5. The number of aromatic nitrogens is 1. The van der Waals surface area contributed by atoms with Gasteiger partial charge in [-0.2, -0.15) is 0 Å². The molecule has 1 heterocycles. The first kappa shape index (κ1) is 19.4. The molecule has 0 saturated carbocycles. The van der Waals surface area contributed by atoms with E-state index in [1.54, 1.807) is 12.3 Å². The summed E-state index contributed by atoms with van der Waals surface area (Å²) in [4.78, 5) is 16.3.